The van der Waals surface area contributed by atoms with Crippen molar-refractivity contribution in [1.29, 1.82) is 5.26 Å². The number of nitriles is 1. The molecule has 180 valence electrons. The molecule has 0 bridgehead atoms. The normalized spacial score (nSPS) is 15.2. The van der Waals surface area contributed by atoms with Crippen LogP contribution in [-0.2, 0) is 4.79 Å². The smallest absolute Gasteiger partial charge is 0.254 e. The van der Waals surface area contributed by atoms with Crippen LogP contribution >= 0.6 is 39.3 Å². The average Bonchev–Trinajstić information content (AvgIpc) is 2.88. The third-order valence-electron chi connectivity index (χ3n) is 5.65. The molecule has 36 heavy (non-hydrogen) atoms. The molecule has 8 heteroatoms. The number of nitrogens with zero attached hydrogens (tertiary/aromatic N) is 1. The quantitative estimate of drug-likeness (QED) is 0.294. The number of thioether (sulfide) groups is 1. The molecule has 0 saturated heterocycles. The van der Waals surface area contributed by atoms with Gasteiger partial charge in [-0.05, 0) is 42.8 Å². The molecule has 4 rings (SSSR count). The molecule has 5 nitrogen and oxygen atoms in total. The first-order valence-electron chi connectivity index (χ1n) is 11.0. The fraction of sp³-hybridized carbons (Fsp3) is 0.107. The van der Waals surface area contributed by atoms with Gasteiger partial charge in [0.15, 0.2) is 5.78 Å². The average molecular weight is 579 g/mol. The Labute approximate surface area is 227 Å². The van der Waals surface area contributed by atoms with Crippen molar-refractivity contribution in [2.75, 3.05) is 11.1 Å². The number of rotatable bonds is 7. The van der Waals surface area contributed by atoms with Gasteiger partial charge < -0.3 is 10.6 Å². The van der Waals surface area contributed by atoms with E-state index in [0.717, 1.165) is 4.47 Å². The molecule has 1 amide bonds. The summed E-state index contributed by atoms with van der Waals surface area (Å²) >= 11 is 11.2. The number of halogens is 2. The number of carbonyl (C=O) groups excluding carboxylic acids is 2. The molecule has 3 aromatic rings. The van der Waals surface area contributed by atoms with Crippen LogP contribution in [0.15, 0.2) is 105 Å². The van der Waals surface area contributed by atoms with Crippen molar-refractivity contribution in [1.82, 2.24) is 5.32 Å². The summed E-state index contributed by atoms with van der Waals surface area (Å²) in [7, 11) is 0. The Kier molecular flexibility index (Phi) is 8.32. The summed E-state index contributed by atoms with van der Waals surface area (Å²) in [5.41, 5.74) is 3.19. The Hall–Kier alpha value is -3.31. The highest BCUT2D eigenvalue weighted by Gasteiger charge is 2.36. The molecule has 0 aromatic heterocycles. The zero-order valence-electron chi connectivity index (χ0n) is 19.2. The van der Waals surface area contributed by atoms with Crippen LogP contribution in [0, 0.1) is 11.3 Å². The van der Waals surface area contributed by atoms with Crippen LogP contribution in [0.25, 0.3) is 0 Å². The SMILES string of the molecule is CC1=C(C(=O)Nc2ccccc2)[C@@H](c2ccccc2Cl)C(C#N)=C(SCC(=O)c2ccc(Br)cc2)N1. The van der Waals surface area contributed by atoms with E-state index in [1.807, 2.05) is 42.5 Å². The number of hydrogen-bond donors (Lipinski definition) is 2. The first kappa shape index (κ1) is 25.8. The van der Waals surface area contributed by atoms with E-state index in [4.69, 9.17) is 11.6 Å². The topological polar surface area (TPSA) is 82.0 Å². The molecule has 1 aliphatic rings. The molecule has 0 unspecified atom stereocenters. The Morgan fingerprint density at radius 2 is 1.72 bits per heavy atom. The Bertz CT molecular complexity index is 1410. The third-order valence-corrected chi connectivity index (χ3v) is 7.54. The number of amides is 1. The number of anilines is 1. The Balaban J connectivity index is 1.69. The second-order valence-electron chi connectivity index (χ2n) is 8.01. The van der Waals surface area contributed by atoms with E-state index in [1.165, 1.54) is 11.8 Å². The molecular weight excluding hydrogens is 558 g/mol. The van der Waals surface area contributed by atoms with Crippen molar-refractivity contribution in [2.24, 2.45) is 0 Å². The van der Waals surface area contributed by atoms with Gasteiger partial charge in [0.1, 0.15) is 0 Å². The van der Waals surface area contributed by atoms with E-state index in [1.54, 1.807) is 43.3 Å². The van der Waals surface area contributed by atoms with E-state index in [2.05, 4.69) is 32.6 Å². The van der Waals surface area contributed by atoms with Crippen molar-refractivity contribution in [3.63, 3.8) is 0 Å². The van der Waals surface area contributed by atoms with Gasteiger partial charge in [-0.25, -0.2) is 0 Å². The van der Waals surface area contributed by atoms with Crippen LogP contribution < -0.4 is 10.6 Å². The van der Waals surface area contributed by atoms with Crippen molar-refractivity contribution in [2.45, 2.75) is 12.8 Å². The maximum Gasteiger partial charge on any atom is 0.254 e. The second-order valence-corrected chi connectivity index (χ2v) is 10.3. The molecule has 1 aliphatic heterocycles. The molecule has 0 saturated carbocycles. The fourth-order valence-electron chi connectivity index (χ4n) is 3.92. The molecule has 2 N–H and O–H groups in total. The summed E-state index contributed by atoms with van der Waals surface area (Å²) in [6, 6.07) is 25.7. The molecule has 1 atom stereocenters. The van der Waals surface area contributed by atoms with Crippen molar-refractivity contribution in [3.8, 4) is 6.07 Å². The number of nitrogens with one attached hydrogen (secondary N) is 2. The number of benzene rings is 3. The van der Waals surface area contributed by atoms with Crippen LogP contribution in [-0.4, -0.2) is 17.4 Å². The van der Waals surface area contributed by atoms with Crippen molar-refractivity contribution >= 4 is 56.7 Å². The zero-order valence-corrected chi connectivity index (χ0v) is 22.4. The van der Waals surface area contributed by atoms with Crippen LogP contribution in [0.1, 0.15) is 28.8 Å². The van der Waals surface area contributed by atoms with Gasteiger partial charge in [-0.15, -0.1) is 0 Å². The van der Waals surface area contributed by atoms with Crippen molar-refractivity contribution < 1.29 is 9.59 Å². The lowest BCUT2D eigenvalue weighted by Crippen LogP contribution is -2.31. The first-order valence-corrected chi connectivity index (χ1v) is 13.2. The van der Waals surface area contributed by atoms with Gasteiger partial charge in [-0.2, -0.15) is 5.26 Å². The van der Waals surface area contributed by atoms with E-state index >= 15 is 0 Å². The monoisotopic (exact) mass is 577 g/mol. The lowest BCUT2D eigenvalue weighted by Gasteiger charge is -2.30. The minimum absolute atomic E-state index is 0.0670. The van der Waals surface area contributed by atoms with Gasteiger partial charge in [0.25, 0.3) is 5.91 Å². The first-order chi connectivity index (χ1) is 17.4. The van der Waals surface area contributed by atoms with E-state index < -0.39 is 5.92 Å². The number of Topliss-reactive ketones (excluding diaryl/α,β-unsaturated/α-hetero) is 1. The van der Waals surface area contributed by atoms with Crippen LogP contribution in [0.5, 0.6) is 0 Å². The minimum atomic E-state index is -0.695. The predicted molar refractivity (Wildman–Crippen MR) is 149 cm³/mol. The number of ketones is 1. The van der Waals surface area contributed by atoms with E-state index in [0.29, 0.717) is 43.7 Å². The van der Waals surface area contributed by atoms with Crippen LogP contribution in [0.3, 0.4) is 0 Å². The number of hydrogen-bond acceptors (Lipinski definition) is 5. The van der Waals surface area contributed by atoms with Crippen molar-refractivity contribution in [3.05, 3.63) is 121 Å². The number of carbonyl (C=O) groups is 2. The standard InChI is InChI=1S/C28H21BrClN3O2S/c1-17-25(27(35)33-20-7-3-2-4-8-20)26(21-9-5-6-10-23(21)30)22(15-31)28(32-17)36-16-24(34)18-11-13-19(29)14-12-18/h2-14,26,32H,16H2,1H3,(H,33,35)/t26-/m0/s1. The maximum atomic E-state index is 13.5. The lowest BCUT2D eigenvalue weighted by atomic mass is 9.82. The largest absolute Gasteiger partial charge is 0.353 e. The van der Waals surface area contributed by atoms with E-state index in [9.17, 15) is 14.9 Å². The third kappa shape index (κ3) is 5.73. The summed E-state index contributed by atoms with van der Waals surface area (Å²) in [5, 5.41) is 17.3. The molecule has 3 aromatic carbocycles. The second kappa shape index (κ2) is 11.6. The summed E-state index contributed by atoms with van der Waals surface area (Å²) < 4.78 is 0.889. The molecule has 1 heterocycles. The molecule has 0 radical (unpaired) electrons. The maximum absolute atomic E-state index is 13.5. The summed E-state index contributed by atoms with van der Waals surface area (Å²) in [6.07, 6.45) is 0. The summed E-state index contributed by atoms with van der Waals surface area (Å²) in [4.78, 5) is 26.3. The van der Waals surface area contributed by atoms with Crippen LogP contribution in [0.4, 0.5) is 5.69 Å². The number of allylic oxidation sites excluding steroid dienone is 2. The van der Waals surface area contributed by atoms with Gasteiger partial charge in [-0.1, -0.05) is 87.8 Å². The molecule has 0 spiro atoms. The molecule has 0 fully saturated rings. The number of para-hydroxylation sites is 1. The lowest BCUT2D eigenvalue weighted by molar-refractivity contribution is -0.113. The highest BCUT2D eigenvalue weighted by atomic mass is 79.9. The summed E-state index contributed by atoms with van der Waals surface area (Å²) in [5.74, 6) is -0.969. The van der Waals surface area contributed by atoms with Gasteiger partial charge in [0.05, 0.1) is 28.3 Å². The number of dihydropyridines is 1. The molecular formula is C28H21BrClN3O2S. The Morgan fingerprint density at radius 1 is 1.06 bits per heavy atom. The van der Waals surface area contributed by atoms with Crippen LogP contribution in [0.2, 0.25) is 5.02 Å². The van der Waals surface area contributed by atoms with Gasteiger partial charge in [0, 0.05) is 32.0 Å². The van der Waals surface area contributed by atoms with E-state index in [-0.39, 0.29) is 17.4 Å². The van der Waals surface area contributed by atoms with Gasteiger partial charge in [-0.3, -0.25) is 9.59 Å². The molecule has 0 aliphatic carbocycles. The fourth-order valence-corrected chi connectivity index (χ4v) is 5.42. The summed E-state index contributed by atoms with van der Waals surface area (Å²) in [6.45, 7) is 1.79. The van der Waals surface area contributed by atoms with Gasteiger partial charge in [0.2, 0.25) is 0 Å². The zero-order chi connectivity index (χ0) is 25.7. The highest BCUT2D eigenvalue weighted by molar-refractivity contribution is 9.10. The highest BCUT2D eigenvalue weighted by Crippen LogP contribution is 2.43. The Morgan fingerprint density at radius 3 is 2.39 bits per heavy atom. The van der Waals surface area contributed by atoms with Gasteiger partial charge >= 0.3 is 0 Å². The predicted octanol–water partition coefficient (Wildman–Crippen LogP) is 7.05. The minimum Gasteiger partial charge on any atom is -0.353 e.